The number of aryl methyl sites for hydroxylation is 1. The predicted octanol–water partition coefficient (Wildman–Crippen LogP) is 2.98. The van der Waals surface area contributed by atoms with Crippen molar-refractivity contribution in [2.75, 3.05) is 6.54 Å². The summed E-state index contributed by atoms with van der Waals surface area (Å²) in [5, 5.41) is 13.1. The lowest BCUT2D eigenvalue weighted by atomic mass is 10.00. The van der Waals surface area contributed by atoms with Gasteiger partial charge in [0.2, 0.25) is 5.89 Å². The highest BCUT2D eigenvalue weighted by molar-refractivity contribution is 5.32. The van der Waals surface area contributed by atoms with Crippen molar-refractivity contribution in [2.45, 2.75) is 38.8 Å². The Morgan fingerprint density at radius 3 is 3.10 bits per heavy atom. The molecule has 2 aromatic rings. The zero-order valence-electron chi connectivity index (χ0n) is 12.1. The van der Waals surface area contributed by atoms with Gasteiger partial charge in [-0.2, -0.15) is 10.2 Å². The van der Waals surface area contributed by atoms with Crippen LogP contribution in [0.2, 0.25) is 0 Å². The third-order valence-corrected chi connectivity index (χ3v) is 3.90. The Morgan fingerprint density at radius 1 is 1.43 bits per heavy atom. The predicted molar refractivity (Wildman–Crippen MR) is 77.2 cm³/mol. The fourth-order valence-corrected chi connectivity index (χ4v) is 2.90. The Bertz CT molecular complexity index is 658. The number of likely N-dealkylation sites (tertiary alicyclic amines) is 1. The topological polar surface area (TPSA) is 66.0 Å². The molecule has 1 aromatic heterocycles. The minimum absolute atomic E-state index is 0.210. The maximum atomic E-state index is 9.00. The monoisotopic (exact) mass is 282 g/mol. The van der Waals surface area contributed by atoms with E-state index in [1.54, 1.807) is 0 Å². The van der Waals surface area contributed by atoms with Crippen LogP contribution in [0.5, 0.6) is 0 Å². The van der Waals surface area contributed by atoms with Gasteiger partial charge in [0.15, 0.2) is 5.82 Å². The van der Waals surface area contributed by atoms with Crippen LogP contribution < -0.4 is 0 Å². The molecule has 0 spiro atoms. The minimum atomic E-state index is 0.210. The van der Waals surface area contributed by atoms with Gasteiger partial charge in [-0.15, -0.1) is 0 Å². The number of rotatable bonds is 3. The number of hydrogen-bond donors (Lipinski definition) is 0. The van der Waals surface area contributed by atoms with Crippen LogP contribution in [0.3, 0.4) is 0 Å². The smallest absolute Gasteiger partial charge is 0.223 e. The highest BCUT2D eigenvalue weighted by atomic mass is 16.5. The second-order valence-electron chi connectivity index (χ2n) is 5.47. The number of nitrogens with zero attached hydrogens (tertiary/aromatic N) is 4. The van der Waals surface area contributed by atoms with Crippen LogP contribution in [0, 0.1) is 18.3 Å². The molecule has 0 amide bonds. The van der Waals surface area contributed by atoms with E-state index in [0.717, 1.165) is 30.9 Å². The molecule has 5 heteroatoms. The van der Waals surface area contributed by atoms with Crippen molar-refractivity contribution in [3.63, 3.8) is 0 Å². The summed E-state index contributed by atoms with van der Waals surface area (Å²) in [6.07, 6.45) is 3.43. The van der Waals surface area contributed by atoms with Crippen LogP contribution in [0.25, 0.3) is 0 Å². The summed E-state index contributed by atoms with van der Waals surface area (Å²) >= 11 is 0. The molecule has 21 heavy (non-hydrogen) atoms. The van der Waals surface area contributed by atoms with Gasteiger partial charge in [0.1, 0.15) is 0 Å². The summed E-state index contributed by atoms with van der Waals surface area (Å²) in [6.45, 7) is 3.66. The average molecular weight is 282 g/mol. The molecule has 1 atom stereocenters. The van der Waals surface area contributed by atoms with Crippen LogP contribution in [0.1, 0.15) is 48.1 Å². The van der Waals surface area contributed by atoms with Crippen molar-refractivity contribution in [2.24, 2.45) is 0 Å². The number of piperidine rings is 1. The van der Waals surface area contributed by atoms with Gasteiger partial charge in [-0.3, -0.25) is 4.90 Å². The summed E-state index contributed by atoms with van der Waals surface area (Å²) in [4.78, 5) is 6.77. The summed E-state index contributed by atoms with van der Waals surface area (Å²) in [6, 6.07) is 10.2. The molecular formula is C16H18N4O. The third-order valence-electron chi connectivity index (χ3n) is 3.90. The zero-order chi connectivity index (χ0) is 14.7. The number of hydrogen-bond acceptors (Lipinski definition) is 5. The van der Waals surface area contributed by atoms with Gasteiger partial charge < -0.3 is 4.52 Å². The van der Waals surface area contributed by atoms with Crippen molar-refractivity contribution in [3.8, 4) is 6.07 Å². The third kappa shape index (κ3) is 3.11. The highest BCUT2D eigenvalue weighted by Crippen LogP contribution is 2.30. The molecular weight excluding hydrogens is 264 g/mol. The highest BCUT2D eigenvalue weighted by Gasteiger charge is 2.27. The summed E-state index contributed by atoms with van der Waals surface area (Å²) in [7, 11) is 0. The normalized spacial score (nSPS) is 19.3. The molecule has 1 aromatic carbocycles. The van der Waals surface area contributed by atoms with Crippen LogP contribution in [0.15, 0.2) is 28.8 Å². The van der Waals surface area contributed by atoms with Crippen molar-refractivity contribution in [3.05, 3.63) is 47.1 Å². The maximum Gasteiger partial charge on any atom is 0.223 e. The Balaban J connectivity index is 1.79. The Hall–Kier alpha value is -2.19. The fourth-order valence-electron chi connectivity index (χ4n) is 2.90. The summed E-state index contributed by atoms with van der Waals surface area (Å²) in [5.41, 5.74) is 1.86. The SMILES string of the molecule is Cc1nc([C@@H]2CCCCN2Cc2cccc(C#N)c2)no1. The van der Waals surface area contributed by atoms with E-state index >= 15 is 0 Å². The van der Waals surface area contributed by atoms with E-state index in [4.69, 9.17) is 9.78 Å². The van der Waals surface area contributed by atoms with E-state index in [0.29, 0.717) is 11.5 Å². The first kappa shape index (κ1) is 13.8. The molecule has 1 aliphatic heterocycles. The molecule has 0 unspecified atom stereocenters. The molecule has 1 fully saturated rings. The van der Waals surface area contributed by atoms with Crippen LogP contribution in [-0.2, 0) is 6.54 Å². The summed E-state index contributed by atoms with van der Waals surface area (Å²) in [5.74, 6) is 1.39. The van der Waals surface area contributed by atoms with Crippen molar-refractivity contribution < 1.29 is 4.52 Å². The minimum Gasteiger partial charge on any atom is -0.340 e. The molecule has 108 valence electrons. The van der Waals surface area contributed by atoms with Crippen molar-refractivity contribution in [1.82, 2.24) is 15.0 Å². The van der Waals surface area contributed by atoms with Gasteiger partial charge >= 0.3 is 0 Å². The molecule has 0 aliphatic carbocycles. The lowest BCUT2D eigenvalue weighted by molar-refractivity contribution is 0.131. The van der Waals surface area contributed by atoms with Gasteiger partial charge in [0, 0.05) is 13.5 Å². The first-order valence-corrected chi connectivity index (χ1v) is 7.29. The van der Waals surface area contributed by atoms with E-state index in [-0.39, 0.29) is 6.04 Å². The van der Waals surface area contributed by atoms with Gasteiger partial charge in [0.25, 0.3) is 0 Å². The van der Waals surface area contributed by atoms with Crippen molar-refractivity contribution >= 4 is 0 Å². The Morgan fingerprint density at radius 2 is 2.33 bits per heavy atom. The largest absolute Gasteiger partial charge is 0.340 e. The molecule has 1 aliphatic rings. The van der Waals surface area contributed by atoms with E-state index in [9.17, 15) is 0 Å². The van der Waals surface area contributed by atoms with Crippen molar-refractivity contribution in [1.29, 1.82) is 5.26 Å². The van der Waals surface area contributed by atoms with Gasteiger partial charge in [-0.05, 0) is 37.1 Å². The fraction of sp³-hybridized carbons (Fsp3) is 0.438. The molecule has 0 saturated carbocycles. The number of benzene rings is 1. The molecule has 0 radical (unpaired) electrons. The molecule has 1 saturated heterocycles. The van der Waals surface area contributed by atoms with Crippen LogP contribution in [0.4, 0.5) is 0 Å². The van der Waals surface area contributed by atoms with E-state index in [1.165, 1.54) is 12.8 Å². The first-order valence-electron chi connectivity index (χ1n) is 7.29. The van der Waals surface area contributed by atoms with Gasteiger partial charge in [-0.1, -0.05) is 23.7 Å². The molecule has 5 nitrogen and oxygen atoms in total. The molecule has 0 bridgehead atoms. The number of nitriles is 1. The Labute approximate surface area is 124 Å². The molecule has 0 N–H and O–H groups in total. The molecule has 2 heterocycles. The second-order valence-corrected chi connectivity index (χ2v) is 5.47. The zero-order valence-corrected chi connectivity index (χ0v) is 12.1. The van der Waals surface area contributed by atoms with Crippen LogP contribution in [-0.4, -0.2) is 21.6 Å². The first-order chi connectivity index (χ1) is 10.3. The average Bonchev–Trinajstić information content (AvgIpc) is 2.94. The van der Waals surface area contributed by atoms with E-state index < -0.39 is 0 Å². The van der Waals surface area contributed by atoms with Gasteiger partial charge in [0.05, 0.1) is 17.7 Å². The van der Waals surface area contributed by atoms with Crippen LogP contribution >= 0.6 is 0 Å². The maximum absolute atomic E-state index is 9.00. The standard InChI is InChI=1S/C16H18N4O/c1-12-18-16(19-21-12)15-7-2-3-8-20(15)11-14-6-4-5-13(9-14)10-17/h4-6,9,15H,2-3,7-8,11H2,1H3/t15-/m0/s1. The van der Waals surface area contributed by atoms with E-state index in [1.807, 2.05) is 25.1 Å². The Kier molecular flexibility index (Phi) is 3.98. The number of aromatic nitrogens is 2. The second kappa shape index (κ2) is 6.06. The quantitative estimate of drug-likeness (QED) is 0.865. The molecule has 3 rings (SSSR count). The van der Waals surface area contributed by atoms with Gasteiger partial charge in [-0.25, -0.2) is 0 Å². The summed E-state index contributed by atoms with van der Waals surface area (Å²) < 4.78 is 5.12. The van der Waals surface area contributed by atoms with E-state index in [2.05, 4.69) is 27.2 Å². The lowest BCUT2D eigenvalue weighted by Crippen LogP contribution is -2.33. The lowest BCUT2D eigenvalue weighted by Gasteiger charge is -2.33.